The Morgan fingerprint density at radius 1 is 1.10 bits per heavy atom. The van der Waals surface area contributed by atoms with Crippen LogP contribution in [0.15, 0.2) is 40.8 Å². The van der Waals surface area contributed by atoms with E-state index in [0.717, 1.165) is 49.4 Å². The number of aryl methyl sites for hydroxylation is 1. The smallest absolute Gasteiger partial charge is 0.289 e. The van der Waals surface area contributed by atoms with Gasteiger partial charge in [-0.2, -0.15) is 0 Å². The van der Waals surface area contributed by atoms with E-state index >= 15 is 0 Å². The summed E-state index contributed by atoms with van der Waals surface area (Å²) in [6.07, 6.45) is 2.81. The maximum Gasteiger partial charge on any atom is 0.289 e. The molecular formula is C25H32N2O4. The number of carbonyl (C=O) groups excluding carboxylic acids is 2. The predicted octanol–water partition coefficient (Wildman–Crippen LogP) is 4.39. The van der Waals surface area contributed by atoms with Gasteiger partial charge in [0.25, 0.3) is 5.91 Å². The van der Waals surface area contributed by atoms with E-state index in [9.17, 15) is 9.59 Å². The quantitative estimate of drug-likeness (QED) is 0.714. The third kappa shape index (κ3) is 4.34. The Hall–Kier alpha value is -2.76. The minimum Gasteiger partial charge on any atom is -0.487 e. The van der Waals surface area contributed by atoms with Crippen LogP contribution in [0, 0.1) is 6.92 Å². The molecule has 0 N–H and O–H groups in total. The Morgan fingerprint density at radius 2 is 1.81 bits per heavy atom. The number of para-hydroxylation sites is 1. The summed E-state index contributed by atoms with van der Waals surface area (Å²) in [4.78, 5) is 29.4. The average molecular weight is 425 g/mol. The topological polar surface area (TPSA) is 63.0 Å². The number of benzene rings is 1. The molecule has 1 aromatic carbocycles. The molecular weight excluding hydrogens is 392 g/mol. The summed E-state index contributed by atoms with van der Waals surface area (Å²) in [5.74, 6) is 2.28. The first kappa shape index (κ1) is 21.5. The normalized spacial score (nSPS) is 19.6. The molecule has 2 aromatic rings. The van der Waals surface area contributed by atoms with E-state index in [2.05, 4.69) is 6.07 Å². The van der Waals surface area contributed by atoms with Crippen LogP contribution in [0.4, 0.5) is 0 Å². The maximum atomic E-state index is 12.9. The van der Waals surface area contributed by atoms with Gasteiger partial charge in [-0.15, -0.1) is 0 Å². The minimum absolute atomic E-state index is 0.0626. The van der Waals surface area contributed by atoms with Crippen molar-refractivity contribution in [3.63, 3.8) is 0 Å². The highest BCUT2D eigenvalue weighted by Crippen LogP contribution is 2.46. The molecule has 1 unspecified atom stereocenters. The van der Waals surface area contributed by atoms with Crippen LogP contribution in [0.2, 0.25) is 0 Å². The van der Waals surface area contributed by atoms with Crippen LogP contribution in [0.1, 0.15) is 67.3 Å². The van der Waals surface area contributed by atoms with Crippen molar-refractivity contribution in [1.82, 2.24) is 9.80 Å². The molecule has 3 heterocycles. The van der Waals surface area contributed by atoms with Crippen molar-refractivity contribution < 1.29 is 18.7 Å². The lowest BCUT2D eigenvalue weighted by Crippen LogP contribution is -2.52. The third-order valence-electron chi connectivity index (χ3n) is 6.75. The summed E-state index contributed by atoms with van der Waals surface area (Å²) in [5, 5.41) is 0. The summed E-state index contributed by atoms with van der Waals surface area (Å²) in [5.41, 5.74) is 0.788. The molecule has 166 valence electrons. The molecule has 2 amide bonds. The van der Waals surface area contributed by atoms with Gasteiger partial charge in [-0.25, -0.2) is 0 Å². The van der Waals surface area contributed by atoms with Gasteiger partial charge in [0.1, 0.15) is 17.1 Å². The molecule has 0 aliphatic carbocycles. The number of ether oxygens (including phenoxy) is 1. The Bertz CT molecular complexity index is 939. The van der Waals surface area contributed by atoms with Gasteiger partial charge in [-0.3, -0.25) is 9.59 Å². The van der Waals surface area contributed by atoms with Gasteiger partial charge in [-0.1, -0.05) is 18.2 Å². The second kappa shape index (κ2) is 8.77. The van der Waals surface area contributed by atoms with E-state index in [1.54, 1.807) is 6.07 Å². The lowest BCUT2D eigenvalue weighted by atomic mass is 9.76. The number of fused-ring (bicyclic) bond motifs is 1. The highest BCUT2D eigenvalue weighted by Gasteiger charge is 2.44. The van der Waals surface area contributed by atoms with Crippen molar-refractivity contribution in [3.05, 3.63) is 53.5 Å². The van der Waals surface area contributed by atoms with Crippen LogP contribution >= 0.6 is 0 Å². The molecule has 1 aromatic heterocycles. The standard InChI is InChI=1S/C25H32N2O4/c1-4-26(5-2)23(28)16-19-17-25(31-21-9-7-6-8-20(19)21)12-14-27(15-13-25)24(29)22-11-10-18(3)30-22/h6-11,19H,4-5,12-17H2,1-3H3. The molecule has 1 fully saturated rings. The Labute approximate surface area is 184 Å². The molecule has 0 saturated carbocycles. The second-order valence-corrected chi connectivity index (χ2v) is 8.70. The fourth-order valence-electron chi connectivity index (χ4n) is 4.97. The molecule has 1 saturated heterocycles. The van der Waals surface area contributed by atoms with E-state index in [1.165, 1.54) is 0 Å². The van der Waals surface area contributed by atoms with Gasteiger partial charge >= 0.3 is 0 Å². The lowest BCUT2D eigenvalue weighted by Gasteiger charge is -2.47. The van der Waals surface area contributed by atoms with Crippen LogP contribution in [-0.4, -0.2) is 53.4 Å². The van der Waals surface area contributed by atoms with Crippen LogP contribution in [-0.2, 0) is 4.79 Å². The molecule has 4 rings (SSSR count). The molecule has 0 bridgehead atoms. The number of hydrogen-bond acceptors (Lipinski definition) is 4. The summed E-state index contributed by atoms with van der Waals surface area (Å²) in [6.45, 7) is 8.59. The van der Waals surface area contributed by atoms with Crippen LogP contribution in [0.5, 0.6) is 5.75 Å². The monoisotopic (exact) mass is 424 g/mol. The zero-order chi connectivity index (χ0) is 22.0. The molecule has 6 heteroatoms. The summed E-state index contributed by atoms with van der Waals surface area (Å²) in [6, 6.07) is 11.6. The van der Waals surface area contributed by atoms with Crippen LogP contribution in [0.3, 0.4) is 0 Å². The number of piperidine rings is 1. The zero-order valence-electron chi connectivity index (χ0n) is 18.7. The Balaban J connectivity index is 1.49. The van der Waals surface area contributed by atoms with Gasteiger partial charge < -0.3 is 19.0 Å². The highest BCUT2D eigenvalue weighted by molar-refractivity contribution is 5.91. The number of likely N-dealkylation sites (tertiary alicyclic amines) is 1. The van der Waals surface area contributed by atoms with Gasteiger partial charge in [0, 0.05) is 51.4 Å². The number of amides is 2. The van der Waals surface area contributed by atoms with E-state index in [1.807, 2.05) is 54.8 Å². The van der Waals surface area contributed by atoms with E-state index in [4.69, 9.17) is 9.15 Å². The van der Waals surface area contributed by atoms with E-state index < -0.39 is 0 Å². The second-order valence-electron chi connectivity index (χ2n) is 8.70. The van der Waals surface area contributed by atoms with Crippen molar-refractivity contribution in [2.75, 3.05) is 26.2 Å². The van der Waals surface area contributed by atoms with Crippen LogP contribution < -0.4 is 4.74 Å². The first-order valence-electron chi connectivity index (χ1n) is 11.4. The van der Waals surface area contributed by atoms with Crippen LogP contribution in [0.25, 0.3) is 0 Å². The van der Waals surface area contributed by atoms with Crippen molar-refractivity contribution in [2.45, 2.75) is 58.0 Å². The van der Waals surface area contributed by atoms with Crippen molar-refractivity contribution in [1.29, 1.82) is 0 Å². The van der Waals surface area contributed by atoms with Gasteiger partial charge in [0.05, 0.1) is 0 Å². The Morgan fingerprint density at radius 3 is 2.45 bits per heavy atom. The molecule has 0 radical (unpaired) electrons. The van der Waals surface area contributed by atoms with Crippen molar-refractivity contribution >= 4 is 11.8 Å². The largest absolute Gasteiger partial charge is 0.487 e. The predicted molar refractivity (Wildman–Crippen MR) is 118 cm³/mol. The van der Waals surface area contributed by atoms with Gasteiger partial charge in [0.2, 0.25) is 5.91 Å². The molecule has 6 nitrogen and oxygen atoms in total. The molecule has 1 atom stereocenters. The number of hydrogen-bond donors (Lipinski definition) is 0. The summed E-state index contributed by atoms with van der Waals surface area (Å²) >= 11 is 0. The van der Waals surface area contributed by atoms with Crippen molar-refractivity contribution in [2.24, 2.45) is 0 Å². The van der Waals surface area contributed by atoms with Crippen molar-refractivity contribution in [3.8, 4) is 5.75 Å². The number of furan rings is 1. The number of nitrogens with zero attached hydrogens (tertiary/aromatic N) is 2. The van der Waals surface area contributed by atoms with Gasteiger partial charge in [-0.05, 0) is 51.0 Å². The number of carbonyl (C=O) groups is 2. The third-order valence-corrected chi connectivity index (χ3v) is 6.75. The molecule has 2 aliphatic heterocycles. The molecule has 2 aliphatic rings. The Kier molecular flexibility index (Phi) is 6.08. The minimum atomic E-state index is -0.335. The maximum absolute atomic E-state index is 12.9. The fourth-order valence-corrected chi connectivity index (χ4v) is 4.97. The van der Waals surface area contributed by atoms with Gasteiger partial charge in [0.15, 0.2) is 5.76 Å². The summed E-state index contributed by atoms with van der Waals surface area (Å²) in [7, 11) is 0. The van der Waals surface area contributed by atoms with E-state index in [-0.39, 0.29) is 23.3 Å². The van der Waals surface area contributed by atoms with E-state index in [0.29, 0.717) is 25.3 Å². The number of rotatable bonds is 5. The molecule has 1 spiro atoms. The fraction of sp³-hybridized carbons (Fsp3) is 0.520. The first-order valence-corrected chi connectivity index (χ1v) is 11.4. The highest BCUT2D eigenvalue weighted by atomic mass is 16.5. The lowest BCUT2D eigenvalue weighted by molar-refractivity contribution is -0.131. The zero-order valence-corrected chi connectivity index (χ0v) is 18.7. The first-order chi connectivity index (χ1) is 14.9. The SMILES string of the molecule is CCN(CC)C(=O)CC1CC2(CCN(C(=O)c3ccc(C)o3)CC2)Oc2ccccc21. The average Bonchev–Trinajstić information content (AvgIpc) is 3.21. The summed E-state index contributed by atoms with van der Waals surface area (Å²) < 4.78 is 12.1. The molecule has 31 heavy (non-hydrogen) atoms.